The van der Waals surface area contributed by atoms with Gasteiger partial charge in [0.05, 0.1) is 31.9 Å². The average Bonchev–Trinajstić information content (AvgIpc) is 2.65. The molecule has 0 heterocycles. The van der Waals surface area contributed by atoms with Gasteiger partial charge in [0.15, 0.2) is 11.5 Å². The van der Waals surface area contributed by atoms with E-state index in [1.807, 2.05) is 0 Å². The number of ether oxygens (including phenoxy) is 2. The van der Waals surface area contributed by atoms with Gasteiger partial charge in [0.1, 0.15) is 6.54 Å². The second-order valence-corrected chi connectivity index (χ2v) is 5.76. The third-order valence-electron chi connectivity index (χ3n) is 3.71. The predicted octanol–water partition coefficient (Wildman–Crippen LogP) is 3.18. The van der Waals surface area contributed by atoms with Gasteiger partial charge in [0.2, 0.25) is 5.91 Å². The molecule has 2 aromatic carbocycles. The minimum Gasteiger partial charge on any atom is -0.493 e. The number of methoxy groups -OCH3 is 2. The van der Waals surface area contributed by atoms with E-state index in [4.69, 9.17) is 9.47 Å². The monoisotopic (exact) mass is 396 g/mol. The lowest BCUT2D eigenvalue weighted by molar-refractivity contribution is -0.123. The van der Waals surface area contributed by atoms with Gasteiger partial charge in [0, 0.05) is 0 Å². The van der Waals surface area contributed by atoms with Crippen molar-refractivity contribution in [1.82, 2.24) is 5.32 Å². The van der Waals surface area contributed by atoms with Crippen molar-refractivity contribution in [2.24, 2.45) is 0 Å². The van der Waals surface area contributed by atoms with E-state index in [0.29, 0.717) is 17.1 Å². The van der Waals surface area contributed by atoms with E-state index in [9.17, 15) is 22.8 Å². The predicted molar refractivity (Wildman–Crippen MR) is 96.7 cm³/mol. The minimum absolute atomic E-state index is 0.0289. The number of halogens is 3. The van der Waals surface area contributed by atoms with Crippen LogP contribution in [0.1, 0.15) is 15.9 Å². The number of para-hydroxylation sites is 1. The van der Waals surface area contributed by atoms with Crippen LogP contribution in [0.15, 0.2) is 42.5 Å². The molecule has 0 spiro atoms. The highest BCUT2D eigenvalue weighted by atomic mass is 19.4. The van der Waals surface area contributed by atoms with E-state index < -0.39 is 24.5 Å². The first-order chi connectivity index (χ1) is 13.2. The Balaban J connectivity index is 2.09. The first kappa shape index (κ1) is 21.1. The number of hydrogen-bond acceptors (Lipinski definition) is 4. The fourth-order valence-electron chi connectivity index (χ4n) is 2.44. The molecular formula is C19H19F3N2O4. The molecule has 0 fully saturated rings. The van der Waals surface area contributed by atoms with Gasteiger partial charge in [-0.05, 0) is 29.8 Å². The fraction of sp³-hybridized carbons (Fsp3) is 0.263. The second-order valence-electron chi connectivity index (χ2n) is 5.76. The third-order valence-corrected chi connectivity index (χ3v) is 3.71. The zero-order valence-electron chi connectivity index (χ0n) is 15.2. The standard InChI is InChI=1S/C19H19F3N2O4/c1-27-15-8-7-12(9-16(15)28-2)10-17(25)24-14-6-4-3-5-13(14)18(26)23-11-19(20,21)22/h3-9H,10-11H2,1-2H3,(H,23,26)(H,24,25). The van der Waals surface area contributed by atoms with Crippen LogP contribution < -0.4 is 20.1 Å². The van der Waals surface area contributed by atoms with Crippen LogP contribution in [0.4, 0.5) is 18.9 Å². The molecule has 0 aliphatic heterocycles. The topological polar surface area (TPSA) is 76.7 Å². The van der Waals surface area contributed by atoms with Gasteiger partial charge in [0.25, 0.3) is 5.91 Å². The first-order valence-corrected chi connectivity index (χ1v) is 8.18. The highest BCUT2D eigenvalue weighted by molar-refractivity contribution is 6.04. The van der Waals surface area contributed by atoms with Crippen LogP contribution in [0, 0.1) is 0 Å². The lowest BCUT2D eigenvalue weighted by Crippen LogP contribution is -2.34. The van der Waals surface area contributed by atoms with Gasteiger partial charge in [-0.15, -0.1) is 0 Å². The summed E-state index contributed by atoms with van der Waals surface area (Å²) in [5, 5.41) is 4.33. The molecule has 6 nitrogen and oxygen atoms in total. The largest absolute Gasteiger partial charge is 0.493 e. The molecule has 0 bridgehead atoms. The van der Waals surface area contributed by atoms with Crippen LogP contribution in [0.25, 0.3) is 0 Å². The Labute approximate surface area is 159 Å². The zero-order chi connectivity index (χ0) is 20.7. The van der Waals surface area contributed by atoms with E-state index in [2.05, 4.69) is 5.32 Å². The molecule has 0 aliphatic carbocycles. The molecule has 0 aliphatic rings. The van der Waals surface area contributed by atoms with Crippen LogP contribution >= 0.6 is 0 Å². The van der Waals surface area contributed by atoms with Gasteiger partial charge < -0.3 is 20.1 Å². The molecule has 0 saturated heterocycles. The quantitative estimate of drug-likeness (QED) is 0.754. The number of anilines is 1. The maximum absolute atomic E-state index is 12.3. The summed E-state index contributed by atoms with van der Waals surface area (Å²) in [5.74, 6) is -0.402. The molecule has 9 heteroatoms. The Morgan fingerprint density at radius 3 is 2.32 bits per heavy atom. The van der Waals surface area contributed by atoms with Crippen LogP contribution in [-0.4, -0.2) is 38.8 Å². The maximum atomic E-state index is 12.3. The first-order valence-electron chi connectivity index (χ1n) is 8.18. The molecule has 0 aromatic heterocycles. The Morgan fingerprint density at radius 1 is 1.00 bits per heavy atom. The SMILES string of the molecule is COc1ccc(CC(=O)Nc2ccccc2C(=O)NCC(F)(F)F)cc1OC. The zero-order valence-corrected chi connectivity index (χ0v) is 15.2. The summed E-state index contributed by atoms with van der Waals surface area (Å²) in [6, 6.07) is 10.8. The smallest absolute Gasteiger partial charge is 0.405 e. The number of carbonyl (C=O) groups excluding carboxylic acids is 2. The van der Waals surface area contributed by atoms with Crippen molar-refractivity contribution in [1.29, 1.82) is 0 Å². The van der Waals surface area contributed by atoms with Gasteiger partial charge in [-0.1, -0.05) is 18.2 Å². The van der Waals surface area contributed by atoms with Crippen molar-refractivity contribution >= 4 is 17.5 Å². The second kappa shape index (κ2) is 9.12. The maximum Gasteiger partial charge on any atom is 0.405 e. The molecule has 2 N–H and O–H groups in total. The van der Waals surface area contributed by atoms with Crippen molar-refractivity contribution in [3.63, 3.8) is 0 Å². The van der Waals surface area contributed by atoms with Crippen LogP contribution in [0.2, 0.25) is 0 Å². The molecule has 2 aromatic rings. The highest BCUT2D eigenvalue weighted by Crippen LogP contribution is 2.28. The summed E-state index contributed by atoms with van der Waals surface area (Å²) in [6.45, 7) is -1.46. The van der Waals surface area contributed by atoms with Gasteiger partial charge in [-0.25, -0.2) is 0 Å². The third kappa shape index (κ3) is 5.90. The Hall–Kier alpha value is -3.23. The van der Waals surface area contributed by atoms with Gasteiger partial charge in [-0.2, -0.15) is 13.2 Å². The van der Waals surface area contributed by atoms with Crippen molar-refractivity contribution in [2.45, 2.75) is 12.6 Å². The number of rotatable bonds is 7. The minimum atomic E-state index is -4.53. The number of carbonyl (C=O) groups is 2. The molecule has 2 amide bonds. The summed E-state index contributed by atoms with van der Waals surface area (Å²) in [5.41, 5.74) is 0.689. The molecular weight excluding hydrogens is 377 g/mol. The van der Waals surface area contributed by atoms with Gasteiger partial charge in [-0.3, -0.25) is 9.59 Å². The molecule has 0 radical (unpaired) electrons. The molecule has 0 atom stereocenters. The molecule has 28 heavy (non-hydrogen) atoms. The molecule has 0 saturated carbocycles. The lowest BCUT2D eigenvalue weighted by atomic mass is 10.1. The van der Waals surface area contributed by atoms with Crippen LogP contribution in [-0.2, 0) is 11.2 Å². The molecule has 2 rings (SSSR count). The van der Waals surface area contributed by atoms with E-state index in [-0.39, 0.29) is 17.7 Å². The Kier molecular flexibility index (Phi) is 6.86. The van der Waals surface area contributed by atoms with Crippen molar-refractivity contribution < 1.29 is 32.2 Å². The van der Waals surface area contributed by atoms with E-state index in [0.717, 1.165) is 0 Å². The highest BCUT2D eigenvalue weighted by Gasteiger charge is 2.28. The number of amides is 2. The Morgan fingerprint density at radius 2 is 1.68 bits per heavy atom. The van der Waals surface area contributed by atoms with E-state index in [1.54, 1.807) is 29.6 Å². The van der Waals surface area contributed by atoms with Crippen LogP contribution in [0.5, 0.6) is 11.5 Å². The molecule has 150 valence electrons. The number of nitrogens with one attached hydrogen (secondary N) is 2. The van der Waals surface area contributed by atoms with Crippen LogP contribution in [0.3, 0.4) is 0 Å². The van der Waals surface area contributed by atoms with Crippen molar-refractivity contribution in [3.8, 4) is 11.5 Å². The summed E-state index contributed by atoms with van der Waals surface area (Å²) in [6.07, 6.45) is -4.56. The summed E-state index contributed by atoms with van der Waals surface area (Å²) in [7, 11) is 2.96. The van der Waals surface area contributed by atoms with Crippen molar-refractivity contribution in [2.75, 3.05) is 26.1 Å². The average molecular weight is 396 g/mol. The summed E-state index contributed by atoms with van der Waals surface area (Å²) < 4.78 is 47.2. The van der Waals surface area contributed by atoms with Crippen molar-refractivity contribution in [3.05, 3.63) is 53.6 Å². The molecule has 0 unspecified atom stereocenters. The fourth-order valence-corrected chi connectivity index (χ4v) is 2.44. The summed E-state index contributed by atoms with van der Waals surface area (Å²) in [4.78, 5) is 24.3. The summed E-state index contributed by atoms with van der Waals surface area (Å²) >= 11 is 0. The number of hydrogen-bond donors (Lipinski definition) is 2. The van der Waals surface area contributed by atoms with E-state index in [1.165, 1.54) is 32.4 Å². The number of alkyl halides is 3. The lowest BCUT2D eigenvalue weighted by Gasteiger charge is -2.13. The van der Waals surface area contributed by atoms with E-state index >= 15 is 0 Å². The number of benzene rings is 2. The van der Waals surface area contributed by atoms with Gasteiger partial charge >= 0.3 is 6.18 Å². The normalized spacial score (nSPS) is 10.9. The Bertz CT molecular complexity index is 853.